The van der Waals surface area contributed by atoms with Gasteiger partial charge in [-0.2, -0.15) is 0 Å². The van der Waals surface area contributed by atoms with Gasteiger partial charge in [-0.05, 0) is 43.3 Å². The van der Waals surface area contributed by atoms with E-state index in [0.29, 0.717) is 5.92 Å². The number of nitrogens with zero attached hydrogens (tertiary/aromatic N) is 5. The Hall–Kier alpha value is -1.50. The fourth-order valence-electron chi connectivity index (χ4n) is 2.07. The highest BCUT2D eigenvalue weighted by Gasteiger charge is 2.36. The van der Waals surface area contributed by atoms with E-state index >= 15 is 0 Å². The number of aromatic nitrogens is 4. The third-order valence-corrected chi connectivity index (χ3v) is 3.21. The molecule has 100 valence electrons. The van der Waals surface area contributed by atoms with Crippen LogP contribution in [0.3, 0.4) is 0 Å². The van der Waals surface area contributed by atoms with Crippen LogP contribution in [0.25, 0.3) is 0 Å². The Bertz CT molecular complexity index is 413. The average molecular weight is 253 g/mol. The summed E-state index contributed by atoms with van der Waals surface area (Å²) in [6, 6.07) is -0.0883. The first-order valence-electron chi connectivity index (χ1n) is 6.21. The second kappa shape index (κ2) is 5.43. The number of hydrogen-bond donors (Lipinski definition) is 1. The Balaban J connectivity index is 2.09. The second-order valence-corrected chi connectivity index (χ2v) is 5.10. The molecule has 1 heterocycles. The lowest BCUT2D eigenvalue weighted by Gasteiger charge is -2.16. The molecule has 1 aliphatic rings. The van der Waals surface area contributed by atoms with Crippen LogP contribution in [0.5, 0.6) is 0 Å². The molecule has 0 amide bonds. The van der Waals surface area contributed by atoms with Crippen LogP contribution in [0.4, 0.5) is 0 Å². The van der Waals surface area contributed by atoms with Crippen molar-refractivity contribution in [2.24, 2.45) is 5.92 Å². The normalized spacial score (nSPS) is 17.1. The van der Waals surface area contributed by atoms with Crippen LogP contribution >= 0.6 is 0 Å². The van der Waals surface area contributed by atoms with Gasteiger partial charge >= 0.3 is 5.97 Å². The molecule has 0 saturated heterocycles. The first-order valence-corrected chi connectivity index (χ1v) is 6.21. The summed E-state index contributed by atoms with van der Waals surface area (Å²) in [7, 11) is 3.98. The molecule has 1 N–H and O–H groups in total. The van der Waals surface area contributed by atoms with Gasteiger partial charge in [-0.3, -0.25) is 4.79 Å². The molecule has 1 saturated carbocycles. The summed E-state index contributed by atoms with van der Waals surface area (Å²) in [5.41, 5.74) is 0. The van der Waals surface area contributed by atoms with Gasteiger partial charge < -0.3 is 10.0 Å². The van der Waals surface area contributed by atoms with E-state index in [1.54, 1.807) is 4.68 Å². The van der Waals surface area contributed by atoms with E-state index in [1.165, 1.54) is 0 Å². The molecule has 1 aromatic heterocycles. The fraction of sp³-hybridized carbons (Fsp3) is 0.818. The van der Waals surface area contributed by atoms with Gasteiger partial charge in [0.15, 0.2) is 5.82 Å². The van der Waals surface area contributed by atoms with Crippen molar-refractivity contribution in [3.8, 4) is 0 Å². The van der Waals surface area contributed by atoms with E-state index in [9.17, 15) is 4.79 Å². The molecule has 0 bridgehead atoms. The van der Waals surface area contributed by atoms with E-state index in [2.05, 4.69) is 20.4 Å². The Labute approximate surface area is 106 Å². The number of carbonyl (C=O) groups is 1. The summed E-state index contributed by atoms with van der Waals surface area (Å²) in [4.78, 5) is 13.0. The van der Waals surface area contributed by atoms with E-state index in [4.69, 9.17) is 5.11 Å². The molecule has 0 radical (unpaired) electrons. The van der Waals surface area contributed by atoms with E-state index < -0.39 is 5.97 Å². The number of carboxylic acid groups (broad SMARTS) is 1. The topological polar surface area (TPSA) is 84.1 Å². The highest BCUT2D eigenvalue weighted by molar-refractivity contribution is 5.67. The monoisotopic (exact) mass is 253 g/mol. The number of carboxylic acids is 1. The Morgan fingerprint density at radius 3 is 2.83 bits per heavy atom. The number of tetrazole rings is 1. The van der Waals surface area contributed by atoms with Gasteiger partial charge in [0.1, 0.15) is 0 Å². The maximum absolute atomic E-state index is 10.9. The zero-order valence-corrected chi connectivity index (χ0v) is 10.8. The first kappa shape index (κ1) is 12.9. The molecule has 1 unspecified atom stereocenters. The van der Waals surface area contributed by atoms with Crippen molar-refractivity contribution in [2.45, 2.75) is 31.7 Å². The Morgan fingerprint density at radius 2 is 2.28 bits per heavy atom. The van der Waals surface area contributed by atoms with Crippen molar-refractivity contribution in [1.82, 2.24) is 25.1 Å². The van der Waals surface area contributed by atoms with Gasteiger partial charge in [-0.25, -0.2) is 4.68 Å². The molecule has 1 atom stereocenters. The molecule has 7 nitrogen and oxygen atoms in total. The average Bonchev–Trinajstić information content (AvgIpc) is 3.02. The quantitative estimate of drug-likeness (QED) is 0.747. The lowest BCUT2D eigenvalue weighted by Crippen LogP contribution is -2.22. The molecular formula is C11H19N5O2. The van der Waals surface area contributed by atoms with Crippen molar-refractivity contribution in [1.29, 1.82) is 0 Å². The largest absolute Gasteiger partial charge is 0.481 e. The van der Waals surface area contributed by atoms with E-state index in [-0.39, 0.29) is 12.5 Å². The number of hydrogen-bond acceptors (Lipinski definition) is 5. The van der Waals surface area contributed by atoms with Gasteiger partial charge in [-0.1, -0.05) is 0 Å². The standard InChI is InChI=1S/C11H19N5O2/c1-15(2)6-5-10-12-13-14-16(10)9(7-11(17)18)8-3-4-8/h8-9H,3-7H2,1-2H3,(H,17,18). The van der Waals surface area contributed by atoms with Crippen LogP contribution in [0.1, 0.15) is 31.1 Å². The van der Waals surface area contributed by atoms with Crippen LogP contribution in [0.15, 0.2) is 0 Å². The van der Waals surface area contributed by atoms with Crippen LogP contribution < -0.4 is 0 Å². The molecule has 0 aliphatic heterocycles. The van der Waals surface area contributed by atoms with Crippen molar-refractivity contribution in [3.05, 3.63) is 5.82 Å². The smallest absolute Gasteiger partial charge is 0.305 e. The second-order valence-electron chi connectivity index (χ2n) is 5.10. The summed E-state index contributed by atoms with van der Waals surface area (Å²) in [5.74, 6) is 0.408. The lowest BCUT2D eigenvalue weighted by atomic mass is 10.1. The van der Waals surface area contributed by atoms with Crippen LogP contribution in [0, 0.1) is 5.92 Å². The van der Waals surface area contributed by atoms with Gasteiger partial charge in [-0.15, -0.1) is 5.10 Å². The highest BCUT2D eigenvalue weighted by Crippen LogP contribution is 2.41. The van der Waals surface area contributed by atoms with Crippen molar-refractivity contribution >= 4 is 5.97 Å². The van der Waals surface area contributed by atoms with Gasteiger partial charge in [0, 0.05) is 13.0 Å². The summed E-state index contributed by atoms with van der Waals surface area (Å²) < 4.78 is 1.72. The fourth-order valence-corrected chi connectivity index (χ4v) is 2.07. The maximum atomic E-state index is 10.9. The molecule has 1 aromatic rings. The van der Waals surface area contributed by atoms with Crippen molar-refractivity contribution < 1.29 is 9.90 Å². The minimum absolute atomic E-state index is 0.0883. The number of likely N-dealkylation sites (N-methyl/N-ethyl adjacent to an activating group) is 1. The minimum Gasteiger partial charge on any atom is -0.481 e. The summed E-state index contributed by atoms with van der Waals surface area (Å²) in [6.45, 7) is 0.852. The molecule has 2 rings (SSSR count). The number of aliphatic carboxylic acids is 1. The maximum Gasteiger partial charge on any atom is 0.305 e. The Kier molecular flexibility index (Phi) is 3.90. The van der Waals surface area contributed by atoms with E-state index in [0.717, 1.165) is 31.6 Å². The van der Waals surface area contributed by atoms with E-state index in [1.807, 2.05) is 14.1 Å². The third-order valence-electron chi connectivity index (χ3n) is 3.21. The Morgan fingerprint density at radius 1 is 1.56 bits per heavy atom. The lowest BCUT2D eigenvalue weighted by molar-refractivity contribution is -0.138. The number of rotatable bonds is 7. The predicted molar refractivity (Wildman–Crippen MR) is 64.1 cm³/mol. The molecular weight excluding hydrogens is 234 g/mol. The summed E-state index contributed by atoms with van der Waals surface area (Å²) in [6.07, 6.45) is 2.99. The van der Waals surface area contributed by atoms with Crippen LogP contribution in [0.2, 0.25) is 0 Å². The first-order chi connectivity index (χ1) is 8.58. The molecule has 1 aliphatic carbocycles. The minimum atomic E-state index is -0.791. The SMILES string of the molecule is CN(C)CCc1nnnn1C(CC(=O)O)C1CC1. The third kappa shape index (κ3) is 3.25. The summed E-state index contributed by atoms with van der Waals surface area (Å²) >= 11 is 0. The van der Waals surface area contributed by atoms with Gasteiger partial charge in [0.2, 0.25) is 0 Å². The van der Waals surface area contributed by atoms with Gasteiger partial charge in [0.25, 0.3) is 0 Å². The summed E-state index contributed by atoms with van der Waals surface area (Å²) in [5, 5.41) is 20.7. The molecule has 18 heavy (non-hydrogen) atoms. The molecule has 0 aromatic carbocycles. The highest BCUT2D eigenvalue weighted by atomic mass is 16.4. The molecule has 0 spiro atoms. The molecule has 7 heteroatoms. The zero-order valence-electron chi connectivity index (χ0n) is 10.8. The van der Waals surface area contributed by atoms with Gasteiger partial charge in [0.05, 0.1) is 12.5 Å². The van der Waals surface area contributed by atoms with Crippen molar-refractivity contribution in [2.75, 3.05) is 20.6 Å². The van der Waals surface area contributed by atoms with Crippen molar-refractivity contribution in [3.63, 3.8) is 0 Å². The zero-order chi connectivity index (χ0) is 13.1. The molecule has 1 fully saturated rings. The predicted octanol–water partition coefficient (Wildman–Crippen LogP) is 0.203. The van der Waals surface area contributed by atoms with Crippen LogP contribution in [-0.2, 0) is 11.2 Å². The van der Waals surface area contributed by atoms with Crippen LogP contribution in [-0.4, -0.2) is 56.8 Å².